The van der Waals surface area contributed by atoms with E-state index in [1.807, 2.05) is 30.0 Å². The third-order valence-corrected chi connectivity index (χ3v) is 3.61. The Labute approximate surface area is 117 Å². The minimum atomic E-state index is -0.0707. The molecule has 0 atom stereocenters. The average molecular weight is 272 g/mol. The number of carbonyl (C=O) groups excluding carboxylic acids is 1. The zero-order valence-electron chi connectivity index (χ0n) is 11.8. The Hall–Kier alpha value is -2.30. The number of anilines is 1. The van der Waals surface area contributed by atoms with Crippen LogP contribution in [0, 0.1) is 0 Å². The third-order valence-electron chi connectivity index (χ3n) is 3.61. The molecular formula is C15H16N2O3. The van der Waals surface area contributed by atoms with Gasteiger partial charge < -0.3 is 14.4 Å². The number of benzene rings is 1. The van der Waals surface area contributed by atoms with Gasteiger partial charge in [0.05, 0.1) is 19.9 Å². The quantitative estimate of drug-likeness (QED) is 0.828. The molecule has 0 unspecified atom stereocenters. The van der Waals surface area contributed by atoms with Crippen LogP contribution < -0.4 is 14.4 Å². The number of hydrogen-bond acceptors (Lipinski definition) is 4. The Balaban J connectivity index is 2.23. The SMILES string of the molecule is COc1cc(OC)c2c(c1)N1CCC(=O)N=C1C=C2C. The van der Waals surface area contributed by atoms with Gasteiger partial charge in [0.25, 0.3) is 0 Å². The summed E-state index contributed by atoms with van der Waals surface area (Å²) in [5.74, 6) is 2.12. The summed E-state index contributed by atoms with van der Waals surface area (Å²) in [7, 11) is 3.27. The van der Waals surface area contributed by atoms with Gasteiger partial charge in [0, 0.05) is 30.7 Å². The fraction of sp³-hybridized carbons (Fsp3) is 0.333. The van der Waals surface area contributed by atoms with Gasteiger partial charge >= 0.3 is 0 Å². The predicted molar refractivity (Wildman–Crippen MR) is 77.6 cm³/mol. The van der Waals surface area contributed by atoms with Crippen molar-refractivity contribution in [1.82, 2.24) is 0 Å². The highest BCUT2D eigenvalue weighted by atomic mass is 16.5. The maximum absolute atomic E-state index is 11.5. The van der Waals surface area contributed by atoms with E-state index in [2.05, 4.69) is 4.99 Å². The lowest BCUT2D eigenvalue weighted by molar-refractivity contribution is -0.117. The highest BCUT2D eigenvalue weighted by Crippen LogP contribution is 2.42. The molecule has 0 spiro atoms. The van der Waals surface area contributed by atoms with Crippen molar-refractivity contribution in [3.05, 3.63) is 23.8 Å². The number of nitrogens with zero attached hydrogens (tertiary/aromatic N) is 2. The van der Waals surface area contributed by atoms with Gasteiger partial charge in [-0.3, -0.25) is 4.79 Å². The number of aliphatic imine (C=N–C) groups is 1. The first-order valence-corrected chi connectivity index (χ1v) is 6.48. The average Bonchev–Trinajstić information content (AvgIpc) is 2.45. The zero-order chi connectivity index (χ0) is 14.3. The van der Waals surface area contributed by atoms with Gasteiger partial charge in [-0.15, -0.1) is 0 Å². The van der Waals surface area contributed by atoms with Crippen LogP contribution >= 0.6 is 0 Å². The largest absolute Gasteiger partial charge is 0.497 e. The van der Waals surface area contributed by atoms with Crippen molar-refractivity contribution in [3.63, 3.8) is 0 Å². The van der Waals surface area contributed by atoms with Gasteiger partial charge in [0.2, 0.25) is 5.91 Å². The molecule has 3 rings (SSSR count). The summed E-state index contributed by atoms with van der Waals surface area (Å²) in [5, 5.41) is 0. The molecule has 0 aromatic heterocycles. The van der Waals surface area contributed by atoms with E-state index in [9.17, 15) is 4.79 Å². The van der Waals surface area contributed by atoms with Crippen LogP contribution in [0.2, 0.25) is 0 Å². The Morgan fingerprint density at radius 1 is 1.25 bits per heavy atom. The summed E-state index contributed by atoms with van der Waals surface area (Å²) in [6.07, 6.45) is 2.35. The molecule has 0 aliphatic carbocycles. The molecule has 1 amide bonds. The fourth-order valence-electron chi connectivity index (χ4n) is 2.65. The number of amides is 1. The smallest absolute Gasteiger partial charge is 0.249 e. The predicted octanol–water partition coefficient (Wildman–Crippen LogP) is 2.26. The van der Waals surface area contributed by atoms with E-state index in [0.717, 1.165) is 28.3 Å². The summed E-state index contributed by atoms with van der Waals surface area (Å²) >= 11 is 0. The normalized spacial score (nSPS) is 16.9. The molecule has 0 fully saturated rings. The van der Waals surface area contributed by atoms with Gasteiger partial charge in [-0.25, -0.2) is 0 Å². The molecule has 0 N–H and O–H groups in total. The Morgan fingerprint density at radius 3 is 2.75 bits per heavy atom. The minimum Gasteiger partial charge on any atom is -0.497 e. The summed E-state index contributed by atoms with van der Waals surface area (Å²) in [6, 6.07) is 3.83. The van der Waals surface area contributed by atoms with Crippen LogP contribution in [0.4, 0.5) is 5.69 Å². The molecular weight excluding hydrogens is 256 g/mol. The first-order chi connectivity index (χ1) is 9.63. The standard InChI is InChI=1S/C15H16N2O3/c1-9-6-13-16-14(18)4-5-17(13)11-7-10(19-2)8-12(20-3)15(9)11/h6-8H,4-5H2,1-3H3. The number of amidine groups is 1. The molecule has 2 aliphatic rings. The van der Waals surface area contributed by atoms with Gasteiger partial charge in [-0.1, -0.05) is 0 Å². The lowest BCUT2D eigenvalue weighted by Gasteiger charge is -2.33. The number of allylic oxidation sites excluding steroid dienone is 1. The number of methoxy groups -OCH3 is 2. The van der Waals surface area contributed by atoms with Gasteiger partial charge in [0.1, 0.15) is 17.3 Å². The number of hydrogen-bond donors (Lipinski definition) is 0. The van der Waals surface area contributed by atoms with Gasteiger partial charge in [0.15, 0.2) is 0 Å². The minimum absolute atomic E-state index is 0.0707. The van der Waals surface area contributed by atoms with Crippen LogP contribution in [0.3, 0.4) is 0 Å². The van der Waals surface area contributed by atoms with Crippen molar-refractivity contribution < 1.29 is 14.3 Å². The number of fused-ring (bicyclic) bond motifs is 3. The van der Waals surface area contributed by atoms with Crippen LogP contribution in [0.5, 0.6) is 11.5 Å². The number of rotatable bonds is 2. The van der Waals surface area contributed by atoms with E-state index in [-0.39, 0.29) is 5.91 Å². The van der Waals surface area contributed by atoms with E-state index in [1.165, 1.54) is 0 Å². The Morgan fingerprint density at radius 2 is 2.05 bits per heavy atom. The maximum atomic E-state index is 11.5. The van der Waals surface area contributed by atoms with Gasteiger partial charge in [-0.2, -0.15) is 4.99 Å². The van der Waals surface area contributed by atoms with Crippen LogP contribution in [0.1, 0.15) is 18.9 Å². The van der Waals surface area contributed by atoms with E-state index in [1.54, 1.807) is 14.2 Å². The molecule has 20 heavy (non-hydrogen) atoms. The van der Waals surface area contributed by atoms with Crippen molar-refractivity contribution in [2.45, 2.75) is 13.3 Å². The Kier molecular flexibility index (Phi) is 2.97. The summed E-state index contributed by atoms with van der Waals surface area (Å²) in [5.41, 5.74) is 3.04. The highest BCUT2D eigenvalue weighted by molar-refractivity contribution is 6.19. The lowest BCUT2D eigenvalue weighted by Crippen LogP contribution is -2.38. The van der Waals surface area contributed by atoms with E-state index < -0.39 is 0 Å². The van der Waals surface area contributed by atoms with Crippen molar-refractivity contribution in [2.75, 3.05) is 25.7 Å². The van der Waals surface area contributed by atoms with E-state index in [4.69, 9.17) is 9.47 Å². The van der Waals surface area contributed by atoms with Crippen molar-refractivity contribution >= 4 is 23.0 Å². The molecule has 0 saturated heterocycles. The number of ether oxygens (including phenoxy) is 2. The molecule has 5 heteroatoms. The summed E-state index contributed by atoms with van der Waals surface area (Å²) in [6.45, 7) is 2.62. The second kappa shape index (κ2) is 4.67. The molecule has 1 aromatic carbocycles. The van der Waals surface area contributed by atoms with Crippen molar-refractivity contribution in [3.8, 4) is 11.5 Å². The first kappa shape index (κ1) is 12.7. The third kappa shape index (κ3) is 1.86. The van der Waals surface area contributed by atoms with Gasteiger partial charge in [-0.05, 0) is 18.6 Å². The molecule has 5 nitrogen and oxygen atoms in total. The molecule has 104 valence electrons. The molecule has 0 radical (unpaired) electrons. The molecule has 0 saturated carbocycles. The second-order valence-electron chi connectivity index (χ2n) is 4.82. The van der Waals surface area contributed by atoms with Crippen LogP contribution in [-0.2, 0) is 4.79 Å². The molecule has 2 heterocycles. The van der Waals surface area contributed by atoms with Crippen LogP contribution in [-0.4, -0.2) is 32.5 Å². The van der Waals surface area contributed by atoms with Crippen molar-refractivity contribution in [1.29, 1.82) is 0 Å². The maximum Gasteiger partial charge on any atom is 0.249 e. The fourth-order valence-corrected chi connectivity index (χ4v) is 2.65. The summed E-state index contributed by atoms with van der Waals surface area (Å²) in [4.78, 5) is 17.6. The zero-order valence-corrected chi connectivity index (χ0v) is 11.8. The molecule has 0 bridgehead atoms. The first-order valence-electron chi connectivity index (χ1n) is 6.48. The second-order valence-corrected chi connectivity index (χ2v) is 4.82. The highest BCUT2D eigenvalue weighted by Gasteiger charge is 2.29. The Bertz CT molecular complexity index is 647. The van der Waals surface area contributed by atoms with E-state index >= 15 is 0 Å². The molecule has 2 aliphatic heterocycles. The van der Waals surface area contributed by atoms with Crippen LogP contribution in [0.25, 0.3) is 5.57 Å². The topological polar surface area (TPSA) is 51.1 Å². The van der Waals surface area contributed by atoms with E-state index in [0.29, 0.717) is 18.8 Å². The van der Waals surface area contributed by atoms with Crippen LogP contribution in [0.15, 0.2) is 23.2 Å². The lowest BCUT2D eigenvalue weighted by atomic mass is 9.97. The number of carbonyl (C=O) groups is 1. The summed E-state index contributed by atoms with van der Waals surface area (Å²) < 4.78 is 10.8. The monoisotopic (exact) mass is 272 g/mol. The molecule has 1 aromatic rings. The van der Waals surface area contributed by atoms with Crippen molar-refractivity contribution in [2.24, 2.45) is 4.99 Å².